The third-order valence-corrected chi connectivity index (χ3v) is 3.84. The number of amides is 3. The van der Waals surface area contributed by atoms with Crippen LogP contribution in [0.3, 0.4) is 0 Å². The van der Waals surface area contributed by atoms with Crippen LogP contribution < -0.4 is 5.32 Å². The molecule has 6 nitrogen and oxygen atoms in total. The van der Waals surface area contributed by atoms with Crippen LogP contribution in [-0.4, -0.2) is 41.8 Å². The Morgan fingerprint density at radius 3 is 2.48 bits per heavy atom. The fourth-order valence-electron chi connectivity index (χ4n) is 2.73. The summed E-state index contributed by atoms with van der Waals surface area (Å²) in [5.41, 5.74) is 0. The highest BCUT2D eigenvalue weighted by atomic mass is 16.5. The maximum Gasteiger partial charge on any atom is 0.257 e. The lowest BCUT2D eigenvalue weighted by Gasteiger charge is -2.29. The molecule has 23 heavy (non-hydrogen) atoms. The summed E-state index contributed by atoms with van der Waals surface area (Å²) in [5, 5.41) is 2.74. The van der Waals surface area contributed by atoms with Crippen molar-refractivity contribution in [3.8, 4) is 0 Å². The number of hydrogen-bond acceptors (Lipinski definition) is 4. The second-order valence-electron chi connectivity index (χ2n) is 6.20. The molecule has 0 aromatic rings. The molecule has 0 aromatic carbocycles. The molecule has 130 valence electrons. The Bertz CT molecular complexity index is 485. The predicted octanol–water partition coefficient (Wildman–Crippen LogP) is 2.00. The molecule has 1 aliphatic rings. The van der Waals surface area contributed by atoms with Gasteiger partial charge in [-0.15, -0.1) is 0 Å². The molecule has 0 aliphatic carbocycles. The van der Waals surface area contributed by atoms with Gasteiger partial charge in [-0.1, -0.05) is 34.1 Å². The Morgan fingerprint density at radius 1 is 1.35 bits per heavy atom. The summed E-state index contributed by atoms with van der Waals surface area (Å²) in [6, 6.07) is -1.06. The summed E-state index contributed by atoms with van der Waals surface area (Å²) < 4.78 is 5.25. The van der Waals surface area contributed by atoms with Crippen LogP contribution in [0.2, 0.25) is 0 Å². The van der Waals surface area contributed by atoms with Crippen molar-refractivity contribution in [2.24, 2.45) is 5.92 Å². The summed E-state index contributed by atoms with van der Waals surface area (Å²) in [6.45, 7) is 7.68. The number of carbonyl (C=O) groups excluding carboxylic acids is 3. The molecule has 0 bridgehead atoms. The fraction of sp³-hybridized carbons (Fsp3) is 0.706. The molecule has 0 radical (unpaired) electrons. The molecule has 2 unspecified atom stereocenters. The van der Waals surface area contributed by atoms with Gasteiger partial charge in [0.2, 0.25) is 5.91 Å². The van der Waals surface area contributed by atoms with Gasteiger partial charge in [0.1, 0.15) is 11.8 Å². The van der Waals surface area contributed by atoms with E-state index < -0.39 is 6.04 Å². The first-order valence-electron chi connectivity index (χ1n) is 8.27. The minimum absolute atomic E-state index is 0.192. The van der Waals surface area contributed by atoms with E-state index in [9.17, 15) is 14.4 Å². The summed E-state index contributed by atoms with van der Waals surface area (Å²) in [5.74, 6) is -0.187. The lowest BCUT2D eigenvalue weighted by molar-refractivity contribution is -0.146. The van der Waals surface area contributed by atoms with Crippen LogP contribution in [0.25, 0.3) is 0 Å². The van der Waals surface area contributed by atoms with Crippen molar-refractivity contribution in [2.75, 3.05) is 7.11 Å². The summed E-state index contributed by atoms with van der Waals surface area (Å²) in [7, 11) is 1.50. The minimum atomic E-state index is -0.685. The van der Waals surface area contributed by atoms with E-state index in [1.54, 1.807) is 6.92 Å². The Balaban J connectivity index is 3.00. The van der Waals surface area contributed by atoms with E-state index >= 15 is 0 Å². The van der Waals surface area contributed by atoms with Gasteiger partial charge < -0.3 is 10.1 Å². The van der Waals surface area contributed by atoms with Crippen LogP contribution >= 0.6 is 0 Å². The monoisotopic (exact) mass is 324 g/mol. The molecule has 2 atom stereocenters. The van der Waals surface area contributed by atoms with E-state index in [-0.39, 0.29) is 29.7 Å². The number of hydrogen-bond donors (Lipinski definition) is 1. The number of methoxy groups -OCH3 is 1. The Morgan fingerprint density at radius 2 is 2.00 bits per heavy atom. The minimum Gasteiger partial charge on any atom is -0.499 e. The third-order valence-electron chi connectivity index (χ3n) is 3.84. The molecule has 0 spiro atoms. The standard InChI is InChI=1S/C17H28N2O4/c1-6-8-13-14(23-5)10-16(21)19(13)17(22)12(9-11(3)4)18-15(20)7-2/h10-13H,6-9H2,1-5H3,(H,18,20). The van der Waals surface area contributed by atoms with E-state index in [2.05, 4.69) is 5.32 Å². The third kappa shape index (κ3) is 4.81. The van der Waals surface area contributed by atoms with Gasteiger partial charge in [0.15, 0.2) is 0 Å². The topological polar surface area (TPSA) is 75.7 Å². The van der Waals surface area contributed by atoms with Crippen LogP contribution in [0.15, 0.2) is 11.8 Å². The van der Waals surface area contributed by atoms with Crippen molar-refractivity contribution >= 4 is 17.7 Å². The van der Waals surface area contributed by atoms with Gasteiger partial charge in [-0.2, -0.15) is 0 Å². The second kappa shape index (κ2) is 8.70. The predicted molar refractivity (Wildman–Crippen MR) is 87.3 cm³/mol. The van der Waals surface area contributed by atoms with Crippen molar-refractivity contribution in [2.45, 2.75) is 65.5 Å². The van der Waals surface area contributed by atoms with Gasteiger partial charge in [-0.3, -0.25) is 19.3 Å². The lowest BCUT2D eigenvalue weighted by Crippen LogP contribution is -2.52. The van der Waals surface area contributed by atoms with Gasteiger partial charge >= 0.3 is 0 Å². The normalized spacial score (nSPS) is 18.9. The van der Waals surface area contributed by atoms with Crippen molar-refractivity contribution in [1.29, 1.82) is 0 Å². The molecule has 1 heterocycles. The van der Waals surface area contributed by atoms with Crippen LogP contribution in [0.5, 0.6) is 0 Å². The number of carbonyl (C=O) groups is 3. The molecule has 0 saturated heterocycles. The zero-order chi connectivity index (χ0) is 17.6. The van der Waals surface area contributed by atoms with Crippen LogP contribution in [0.1, 0.15) is 53.4 Å². The fourth-order valence-corrected chi connectivity index (χ4v) is 2.73. The van der Waals surface area contributed by atoms with Gasteiger partial charge in [-0.05, 0) is 18.8 Å². The van der Waals surface area contributed by atoms with E-state index in [4.69, 9.17) is 4.74 Å². The first-order chi connectivity index (χ1) is 10.8. The highest BCUT2D eigenvalue weighted by Crippen LogP contribution is 2.26. The zero-order valence-electron chi connectivity index (χ0n) is 14.7. The molecule has 0 aromatic heterocycles. The molecular formula is C17H28N2O4. The Hall–Kier alpha value is -1.85. The van der Waals surface area contributed by atoms with E-state index in [0.29, 0.717) is 25.0 Å². The molecule has 1 rings (SSSR count). The van der Waals surface area contributed by atoms with E-state index in [0.717, 1.165) is 6.42 Å². The van der Waals surface area contributed by atoms with Crippen molar-refractivity contribution in [3.63, 3.8) is 0 Å². The highest BCUT2D eigenvalue weighted by Gasteiger charge is 2.40. The number of imide groups is 1. The van der Waals surface area contributed by atoms with Gasteiger partial charge in [0.05, 0.1) is 13.2 Å². The maximum atomic E-state index is 12.9. The van der Waals surface area contributed by atoms with E-state index in [1.807, 2.05) is 20.8 Å². The number of nitrogens with one attached hydrogen (secondary N) is 1. The Kier molecular flexibility index (Phi) is 7.26. The van der Waals surface area contributed by atoms with Gasteiger partial charge in [-0.25, -0.2) is 0 Å². The van der Waals surface area contributed by atoms with Crippen molar-refractivity contribution in [3.05, 3.63) is 11.8 Å². The summed E-state index contributed by atoms with van der Waals surface area (Å²) in [4.78, 5) is 38.1. The summed E-state index contributed by atoms with van der Waals surface area (Å²) in [6.07, 6.45) is 3.63. The van der Waals surface area contributed by atoms with Crippen LogP contribution in [-0.2, 0) is 19.1 Å². The average Bonchev–Trinajstić information content (AvgIpc) is 2.81. The van der Waals surface area contributed by atoms with Crippen LogP contribution in [0.4, 0.5) is 0 Å². The first-order valence-corrected chi connectivity index (χ1v) is 8.27. The molecule has 0 saturated carbocycles. The smallest absolute Gasteiger partial charge is 0.257 e. The number of nitrogens with zero attached hydrogens (tertiary/aromatic N) is 1. The van der Waals surface area contributed by atoms with Gasteiger partial charge in [0, 0.05) is 12.5 Å². The molecule has 3 amide bonds. The molecule has 1 N–H and O–H groups in total. The molecule has 6 heteroatoms. The quantitative estimate of drug-likeness (QED) is 0.741. The van der Waals surface area contributed by atoms with E-state index in [1.165, 1.54) is 18.1 Å². The van der Waals surface area contributed by atoms with Crippen molar-refractivity contribution in [1.82, 2.24) is 10.2 Å². The first kappa shape index (κ1) is 19.2. The largest absolute Gasteiger partial charge is 0.499 e. The van der Waals surface area contributed by atoms with Gasteiger partial charge in [0.25, 0.3) is 11.8 Å². The van der Waals surface area contributed by atoms with Crippen LogP contribution in [0, 0.1) is 5.92 Å². The molecule has 0 fully saturated rings. The van der Waals surface area contributed by atoms with Crippen molar-refractivity contribution < 1.29 is 19.1 Å². The average molecular weight is 324 g/mol. The number of ether oxygens (including phenoxy) is 1. The lowest BCUT2D eigenvalue weighted by atomic mass is 10.0. The molecule has 1 aliphatic heterocycles. The number of rotatable bonds is 8. The maximum absolute atomic E-state index is 12.9. The summed E-state index contributed by atoms with van der Waals surface area (Å²) >= 11 is 0. The Labute approximate surface area is 138 Å². The zero-order valence-corrected chi connectivity index (χ0v) is 14.7. The second-order valence-corrected chi connectivity index (χ2v) is 6.20. The highest BCUT2D eigenvalue weighted by molar-refractivity contribution is 6.06. The molecular weight excluding hydrogens is 296 g/mol. The SMILES string of the molecule is CCCC1C(OC)=CC(=O)N1C(=O)C(CC(C)C)NC(=O)CC.